The molecule has 1 aromatic carbocycles. The lowest BCUT2D eigenvalue weighted by Gasteiger charge is -2.10. The number of para-hydroxylation sites is 1. The molecular weight excluding hydrogens is 342 g/mol. The first-order chi connectivity index (χ1) is 12.7. The molecule has 2 heterocycles. The molecule has 0 fully saturated rings. The summed E-state index contributed by atoms with van der Waals surface area (Å²) in [4.78, 5) is 12.6. The molecule has 2 aromatic heterocycles. The van der Waals surface area contributed by atoms with Gasteiger partial charge in [-0.3, -0.25) is 0 Å². The minimum absolute atomic E-state index is 0.609. The van der Waals surface area contributed by atoms with Gasteiger partial charge in [0, 0.05) is 35.6 Å². The molecule has 3 N–H and O–H groups in total. The molecule has 0 bridgehead atoms. The number of hydrogen-bond acceptors (Lipinski definition) is 3. The molecule has 3 rings (SSSR count). The van der Waals surface area contributed by atoms with Crippen molar-refractivity contribution in [2.45, 2.75) is 40.2 Å². The molecule has 0 saturated carbocycles. The maximum Gasteiger partial charge on any atom is 0.191 e. The summed E-state index contributed by atoms with van der Waals surface area (Å²) in [6.07, 6.45) is 4.05. The Morgan fingerprint density at radius 3 is 2.92 bits per heavy atom. The standard InChI is InChI=1S/C20H27N5S/c1-4-18-25-16(13-26-18)12-24-20(21-5-2)22-10-9-15-11-23-19-14(3)7-6-8-17(15)19/h6-8,11,13,23H,4-5,9-10,12H2,1-3H3,(H2,21,22,24). The van der Waals surface area contributed by atoms with Gasteiger partial charge in [0.05, 0.1) is 17.2 Å². The van der Waals surface area contributed by atoms with Crippen LogP contribution in [0.15, 0.2) is 34.8 Å². The number of fused-ring (bicyclic) bond motifs is 1. The van der Waals surface area contributed by atoms with Gasteiger partial charge in [0.15, 0.2) is 5.96 Å². The predicted molar refractivity (Wildman–Crippen MR) is 111 cm³/mol. The van der Waals surface area contributed by atoms with Gasteiger partial charge in [-0.2, -0.15) is 0 Å². The Bertz CT molecular complexity index is 877. The molecule has 0 spiro atoms. The first-order valence-corrected chi connectivity index (χ1v) is 10.1. The predicted octanol–water partition coefficient (Wildman–Crippen LogP) is 3.79. The molecule has 0 saturated heterocycles. The second-order valence-corrected chi connectivity index (χ2v) is 7.21. The molecule has 5 nitrogen and oxygen atoms in total. The Kier molecular flexibility index (Phi) is 6.28. The Morgan fingerprint density at radius 1 is 1.27 bits per heavy atom. The van der Waals surface area contributed by atoms with E-state index in [9.17, 15) is 0 Å². The van der Waals surface area contributed by atoms with Gasteiger partial charge in [-0.15, -0.1) is 11.3 Å². The van der Waals surface area contributed by atoms with Crippen LogP contribution in [-0.4, -0.2) is 29.0 Å². The van der Waals surface area contributed by atoms with E-state index >= 15 is 0 Å². The summed E-state index contributed by atoms with van der Waals surface area (Å²) in [5, 5.41) is 11.3. The van der Waals surface area contributed by atoms with Gasteiger partial charge in [0.2, 0.25) is 0 Å². The lowest BCUT2D eigenvalue weighted by Crippen LogP contribution is -2.38. The minimum atomic E-state index is 0.609. The van der Waals surface area contributed by atoms with Crippen molar-refractivity contribution in [3.05, 3.63) is 51.6 Å². The number of rotatable bonds is 7. The molecule has 3 aromatic rings. The topological polar surface area (TPSA) is 65.1 Å². The molecule has 26 heavy (non-hydrogen) atoms. The van der Waals surface area contributed by atoms with Crippen LogP contribution in [-0.2, 0) is 19.4 Å². The summed E-state index contributed by atoms with van der Waals surface area (Å²) in [5.74, 6) is 0.842. The number of nitrogens with zero attached hydrogens (tertiary/aromatic N) is 2. The van der Waals surface area contributed by atoms with Crippen molar-refractivity contribution in [1.82, 2.24) is 20.6 Å². The second kappa shape index (κ2) is 8.85. The number of aliphatic imine (C=N–C) groups is 1. The number of aromatic amines is 1. The normalized spacial score (nSPS) is 11.9. The molecule has 0 aliphatic carbocycles. The van der Waals surface area contributed by atoms with E-state index in [1.807, 2.05) is 0 Å². The maximum absolute atomic E-state index is 4.66. The highest BCUT2D eigenvalue weighted by Gasteiger charge is 2.06. The number of H-pyrrole nitrogens is 1. The summed E-state index contributed by atoms with van der Waals surface area (Å²) >= 11 is 1.71. The van der Waals surface area contributed by atoms with Gasteiger partial charge >= 0.3 is 0 Å². The van der Waals surface area contributed by atoms with E-state index in [2.05, 4.69) is 76.1 Å². The molecule has 0 amide bonds. The van der Waals surface area contributed by atoms with Crippen molar-refractivity contribution in [2.75, 3.05) is 13.1 Å². The Hall–Kier alpha value is -2.34. The summed E-state index contributed by atoms with van der Waals surface area (Å²) in [7, 11) is 0. The average Bonchev–Trinajstić information content (AvgIpc) is 3.27. The van der Waals surface area contributed by atoms with E-state index in [1.54, 1.807) is 11.3 Å². The molecule has 138 valence electrons. The van der Waals surface area contributed by atoms with Gasteiger partial charge in [0.1, 0.15) is 0 Å². The van der Waals surface area contributed by atoms with Crippen LogP contribution in [0.4, 0.5) is 0 Å². The van der Waals surface area contributed by atoms with Crippen LogP contribution >= 0.6 is 11.3 Å². The van der Waals surface area contributed by atoms with Crippen LogP contribution in [0, 0.1) is 6.92 Å². The van der Waals surface area contributed by atoms with Crippen molar-refractivity contribution in [2.24, 2.45) is 4.99 Å². The van der Waals surface area contributed by atoms with Crippen molar-refractivity contribution in [3.8, 4) is 0 Å². The first-order valence-electron chi connectivity index (χ1n) is 9.22. The lowest BCUT2D eigenvalue weighted by atomic mass is 10.1. The van der Waals surface area contributed by atoms with E-state index in [4.69, 9.17) is 0 Å². The number of aromatic nitrogens is 2. The third-order valence-electron chi connectivity index (χ3n) is 4.34. The Balaban J connectivity index is 1.59. The zero-order chi connectivity index (χ0) is 18.4. The van der Waals surface area contributed by atoms with Crippen molar-refractivity contribution in [1.29, 1.82) is 0 Å². The highest BCUT2D eigenvalue weighted by molar-refractivity contribution is 7.09. The maximum atomic E-state index is 4.66. The van der Waals surface area contributed by atoms with Crippen LogP contribution in [0.25, 0.3) is 10.9 Å². The number of benzene rings is 1. The van der Waals surface area contributed by atoms with E-state index < -0.39 is 0 Å². The van der Waals surface area contributed by atoms with E-state index in [1.165, 1.54) is 27.0 Å². The summed E-state index contributed by atoms with van der Waals surface area (Å²) in [5.41, 5.74) is 4.89. The molecule has 6 heteroatoms. The number of nitrogens with one attached hydrogen (secondary N) is 3. The van der Waals surface area contributed by atoms with Gasteiger partial charge in [0.25, 0.3) is 0 Å². The summed E-state index contributed by atoms with van der Waals surface area (Å²) in [6.45, 7) is 8.64. The average molecular weight is 370 g/mol. The van der Waals surface area contributed by atoms with Crippen molar-refractivity contribution >= 4 is 28.2 Å². The van der Waals surface area contributed by atoms with Crippen LogP contribution in [0.1, 0.15) is 35.7 Å². The molecule has 0 aliphatic rings. The third kappa shape index (κ3) is 4.43. The SMILES string of the molecule is CCNC(=NCc1csc(CC)n1)NCCc1c[nH]c2c(C)cccc12. The van der Waals surface area contributed by atoms with E-state index in [-0.39, 0.29) is 0 Å². The van der Waals surface area contributed by atoms with Crippen molar-refractivity contribution < 1.29 is 0 Å². The minimum Gasteiger partial charge on any atom is -0.361 e. The van der Waals surface area contributed by atoms with Crippen LogP contribution in [0.3, 0.4) is 0 Å². The number of aryl methyl sites for hydroxylation is 2. The number of guanidine groups is 1. The van der Waals surface area contributed by atoms with Crippen LogP contribution < -0.4 is 10.6 Å². The van der Waals surface area contributed by atoms with Crippen molar-refractivity contribution in [3.63, 3.8) is 0 Å². The quantitative estimate of drug-likeness (QED) is 0.438. The molecular formula is C20H27N5S. The number of hydrogen-bond donors (Lipinski definition) is 3. The largest absolute Gasteiger partial charge is 0.361 e. The zero-order valence-electron chi connectivity index (χ0n) is 15.7. The van der Waals surface area contributed by atoms with Gasteiger partial charge in [-0.05, 0) is 37.8 Å². The fourth-order valence-corrected chi connectivity index (χ4v) is 3.71. The smallest absolute Gasteiger partial charge is 0.191 e. The summed E-state index contributed by atoms with van der Waals surface area (Å²) in [6, 6.07) is 6.44. The van der Waals surface area contributed by atoms with Crippen LogP contribution in [0.5, 0.6) is 0 Å². The lowest BCUT2D eigenvalue weighted by molar-refractivity contribution is 0.799. The zero-order valence-corrected chi connectivity index (χ0v) is 16.5. The van der Waals surface area contributed by atoms with Gasteiger partial charge in [-0.25, -0.2) is 9.98 Å². The number of thiazole rings is 1. The highest BCUT2D eigenvalue weighted by atomic mass is 32.1. The molecule has 0 unspecified atom stereocenters. The van der Waals surface area contributed by atoms with Gasteiger partial charge in [-0.1, -0.05) is 25.1 Å². The van der Waals surface area contributed by atoms with E-state index in [0.29, 0.717) is 6.54 Å². The van der Waals surface area contributed by atoms with Crippen LogP contribution in [0.2, 0.25) is 0 Å². The fourth-order valence-electron chi connectivity index (χ4n) is 2.97. The molecule has 0 radical (unpaired) electrons. The van der Waals surface area contributed by atoms with Gasteiger partial charge < -0.3 is 15.6 Å². The Labute approximate surface area is 159 Å². The molecule has 0 aliphatic heterocycles. The second-order valence-electron chi connectivity index (χ2n) is 6.27. The first kappa shape index (κ1) is 18.5. The van der Waals surface area contributed by atoms with E-state index in [0.717, 1.165) is 37.6 Å². The Morgan fingerprint density at radius 2 is 2.15 bits per heavy atom. The summed E-state index contributed by atoms with van der Waals surface area (Å²) < 4.78 is 0. The molecule has 0 atom stereocenters. The highest BCUT2D eigenvalue weighted by Crippen LogP contribution is 2.21. The fraction of sp³-hybridized carbons (Fsp3) is 0.400. The monoisotopic (exact) mass is 369 g/mol. The third-order valence-corrected chi connectivity index (χ3v) is 5.38.